The van der Waals surface area contributed by atoms with E-state index in [1.807, 2.05) is 47.7 Å². The SMILES string of the molecule is CCC(C)(CC)C(=O)/C=C(\O)C(C)(CC)CC.[Ir].[c-]1ccc2[se]c3cccc4[se]c5c6ccccc6cnc5c1c2c34. The summed E-state index contributed by atoms with van der Waals surface area (Å²) in [5.41, 5.74) is 0.541. The van der Waals surface area contributed by atoms with E-state index in [4.69, 9.17) is 4.98 Å². The molecule has 1 radical (unpaired) electrons. The van der Waals surface area contributed by atoms with Gasteiger partial charge in [0.1, 0.15) is 5.76 Å². The van der Waals surface area contributed by atoms with Gasteiger partial charge >= 0.3 is 150 Å². The molecule has 3 heterocycles. The Kier molecular flexibility index (Phi) is 10.4. The van der Waals surface area contributed by atoms with Crippen molar-refractivity contribution in [2.75, 3.05) is 0 Å². The number of hydrogen-bond acceptors (Lipinski definition) is 3. The molecule has 0 fully saturated rings. The summed E-state index contributed by atoms with van der Waals surface area (Å²) in [6.45, 7) is 12.1. The van der Waals surface area contributed by atoms with E-state index in [1.165, 1.54) is 50.0 Å². The van der Waals surface area contributed by atoms with Crippen LogP contribution in [0.2, 0.25) is 0 Å². The molecule has 3 aromatic carbocycles. The summed E-state index contributed by atoms with van der Waals surface area (Å²) in [5, 5.41) is 16.8. The van der Waals surface area contributed by atoms with E-state index in [1.54, 1.807) is 0 Å². The maximum atomic E-state index is 12.2. The first-order chi connectivity index (χ1) is 19.7. The van der Waals surface area contributed by atoms with Crippen molar-refractivity contribution in [1.82, 2.24) is 4.98 Å². The second-order valence-electron chi connectivity index (χ2n) is 11.4. The zero-order valence-electron chi connectivity index (χ0n) is 25.1. The number of rotatable bonds is 7. The van der Waals surface area contributed by atoms with E-state index >= 15 is 0 Å². The molecule has 6 aromatic rings. The fourth-order valence-corrected chi connectivity index (χ4v) is 10.6. The Labute approximate surface area is 274 Å². The van der Waals surface area contributed by atoms with Gasteiger partial charge in [0.25, 0.3) is 0 Å². The first-order valence-electron chi connectivity index (χ1n) is 14.6. The van der Waals surface area contributed by atoms with Crippen LogP contribution in [-0.2, 0) is 24.9 Å². The van der Waals surface area contributed by atoms with E-state index in [2.05, 4.69) is 60.7 Å². The first-order valence-corrected chi connectivity index (χ1v) is 18.0. The maximum absolute atomic E-state index is 12.2. The molecule has 0 unspecified atom stereocenters. The van der Waals surface area contributed by atoms with Gasteiger partial charge in [0.05, 0.1) is 0 Å². The van der Waals surface area contributed by atoms with E-state index in [0.29, 0.717) is 14.5 Å². The van der Waals surface area contributed by atoms with Crippen molar-refractivity contribution < 1.29 is 30.0 Å². The topological polar surface area (TPSA) is 50.2 Å². The molecule has 0 aliphatic carbocycles. The molecular weight excluding hydrogens is 829 g/mol. The average Bonchev–Trinajstić information content (AvgIpc) is 3.32. The predicted octanol–water partition coefficient (Wildman–Crippen LogP) is 9.41. The summed E-state index contributed by atoms with van der Waals surface area (Å²) in [6, 6.07) is 23.3. The number of pyridine rings is 1. The van der Waals surface area contributed by atoms with Gasteiger partial charge in [-0.3, -0.25) is 4.79 Å². The fraction of sp³-hybridized carbons (Fsp3) is 0.333. The molecule has 0 saturated heterocycles. The molecule has 6 heteroatoms. The molecule has 221 valence electrons. The summed E-state index contributed by atoms with van der Waals surface area (Å²) >= 11 is 0.675. The van der Waals surface area contributed by atoms with Gasteiger partial charge in [-0.15, -0.1) is 0 Å². The van der Waals surface area contributed by atoms with Gasteiger partial charge in [0, 0.05) is 37.0 Å². The number of allylic oxidation sites excluding steroid dienone is 2. The zero-order chi connectivity index (χ0) is 29.4. The molecule has 3 nitrogen and oxygen atoms in total. The number of fused-ring (bicyclic) bond motifs is 4. The van der Waals surface area contributed by atoms with Gasteiger partial charge in [-0.1, -0.05) is 41.5 Å². The van der Waals surface area contributed by atoms with Gasteiger partial charge < -0.3 is 5.11 Å². The van der Waals surface area contributed by atoms with Crippen molar-refractivity contribution in [2.24, 2.45) is 10.8 Å². The summed E-state index contributed by atoms with van der Waals surface area (Å²) in [6.07, 6.45) is 6.78. The normalized spacial score (nSPS) is 12.6. The number of aliphatic hydroxyl groups is 1. The Morgan fingerprint density at radius 1 is 0.857 bits per heavy atom. The minimum absolute atomic E-state index is 0. The van der Waals surface area contributed by atoms with Crippen LogP contribution in [0.15, 0.2) is 72.6 Å². The quantitative estimate of drug-likeness (QED) is 0.0754. The Morgan fingerprint density at radius 3 is 2.14 bits per heavy atom. The summed E-state index contributed by atoms with van der Waals surface area (Å²) in [7, 11) is 0. The van der Waals surface area contributed by atoms with E-state index in [-0.39, 0.29) is 57.0 Å². The molecule has 0 saturated carbocycles. The zero-order valence-corrected chi connectivity index (χ0v) is 31.0. The molecule has 3 aromatic heterocycles. The van der Waals surface area contributed by atoms with E-state index < -0.39 is 0 Å². The molecule has 1 N–H and O–H groups in total. The standard InChI is InChI=1S/C21H10NSe2.C15H28O2.Ir/c1-2-6-13-12(5-1)11-22-20-14-7-3-8-15-18(14)19-16(23-15)9-4-10-17(19)24-21(13)20;1-7-14(5,8-2)12(16)11-13(17)15(6,9-3)10-4;/h1-6,8-11H;11,16H,7-10H2,1-6H3;/q-1;;/b;12-11-;. The Bertz CT molecular complexity index is 1910. The monoisotopic (exact) mass is 869 g/mol. The van der Waals surface area contributed by atoms with Gasteiger partial charge in [-0.05, 0) is 25.7 Å². The number of benzene rings is 3. The molecule has 0 aliphatic rings. The molecule has 0 bridgehead atoms. The second kappa shape index (κ2) is 13.3. The number of ketones is 1. The number of nitrogens with zero attached hydrogens (tertiary/aromatic N) is 1. The van der Waals surface area contributed by atoms with Crippen LogP contribution in [-0.4, -0.2) is 44.9 Å². The van der Waals surface area contributed by atoms with Crippen LogP contribution < -0.4 is 0 Å². The van der Waals surface area contributed by atoms with Crippen LogP contribution >= 0.6 is 0 Å². The molecule has 6 rings (SSSR count). The van der Waals surface area contributed by atoms with Crippen molar-refractivity contribution in [2.45, 2.75) is 67.2 Å². The van der Waals surface area contributed by atoms with Crippen molar-refractivity contribution in [1.29, 1.82) is 0 Å². The van der Waals surface area contributed by atoms with Crippen LogP contribution in [0.4, 0.5) is 0 Å². The molecule has 42 heavy (non-hydrogen) atoms. The number of hydrogen-bond donors (Lipinski definition) is 1. The third kappa shape index (κ3) is 5.88. The Balaban J connectivity index is 0.000000203. The van der Waals surface area contributed by atoms with Crippen LogP contribution in [0.3, 0.4) is 0 Å². The summed E-state index contributed by atoms with van der Waals surface area (Å²) < 4.78 is 5.91. The van der Waals surface area contributed by atoms with E-state index in [9.17, 15) is 9.90 Å². The number of carbonyl (C=O) groups excluding carboxylic acids is 1. The molecule has 0 atom stereocenters. The van der Waals surface area contributed by atoms with Crippen LogP contribution in [0.5, 0.6) is 0 Å². The van der Waals surface area contributed by atoms with Gasteiger partial charge in [-0.25, -0.2) is 0 Å². The minimum atomic E-state index is -0.337. The summed E-state index contributed by atoms with van der Waals surface area (Å²) in [5.74, 6) is 0.286. The van der Waals surface area contributed by atoms with Gasteiger partial charge in [0.15, 0.2) is 5.78 Å². The molecular formula is C36H38IrNO2Se2-. The Morgan fingerprint density at radius 2 is 1.48 bits per heavy atom. The molecule has 0 spiro atoms. The van der Waals surface area contributed by atoms with Crippen molar-refractivity contribution in [3.8, 4) is 0 Å². The van der Waals surface area contributed by atoms with Crippen LogP contribution in [0.25, 0.3) is 49.5 Å². The van der Waals surface area contributed by atoms with Crippen molar-refractivity contribution in [3.63, 3.8) is 0 Å². The number of aliphatic hydroxyl groups excluding tert-OH is 1. The third-order valence-corrected chi connectivity index (χ3v) is 14.0. The average molecular weight is 867 g/mol. The second-order valence-corrected chi connectivity index (χ2v) is 15.9. The molecule has 0 amide bonds. The first kappa shape index (κ1) is 32.9. The van der Waals surface area contributed by atoms with Gasteiger partial charge in [0.2, 0.25) is 0 Å². The predicted molar refractivity (Wildman–Crippen MR) is 178 cm³/mol. The van der Waals surface area contributed by atoms with Crippen LogP contribution in [0.1, 0.15) is 67.2 Å². The van der Waals surface area contributed by atoms with Crippen molar-refractivity contribution >= 4 is 84.3 Å². The summed E-state index contributed by atoms with van der Waals surface area (Å²) in [4.78, 5) is 17.1. The van der Waals surface area contributed by atoms with Crippen molar-refractivity contribution in [3.05, 3.63) is 78.7 Å². The molecule has 0 aliphatic heterocycles. The van der Waals surface area contributed by atoms with Gasteiger partial charge in [-0.2, -0.15) is 0 Å². The fourth-order valence-electron chi connectivity index (χ4n) is 5.26. The number of carbonyl (C=O) groups is 1. The third-order valence-electron chi connectivity index (χ3n) is 9.22. The Hall–Kier alpha value is -2.03. The van der Waals surface area contributed by atoms with E-state index in [0.717, 1.165) is 31.2 Å². The number of aromatic nitrogens is 1. The van der Waals surface area contributed by atoms with Crippen LogP contribution in [0, 0.1) is 16.9 Å².